The highest BCUT2D eigenvalue weighted by molar-refractivity contribution is 5.97. The highest BCUT2D eigenvalue weighted by Gasteiger charge is 2.84. The van der Waals surface area contributed by atoms with E-state index in [2.05, 4.69) is 5.32 Å². The van der Waals surface area contributed by atoms with E-state index in [-0.39, 0.29) is 66.6 Å². The van der Waals surface area contributed by atoms with Crippen LogP contribution in [-0.4, -0.2) is 186 Å². The number of benzene rings is 3. The second kappa shape index (κ2) is 26.6. The number of aliphatic hydroxyl groups is 7. The van der Waals surface area contributed by atoms with Crippen LogP contribution >= 0.6 is 0 Å². The van der Waals surface area contributed by atoms with E-state index < -0.39 is 201 Å². The number of hydrogen-bond acceptors (Lipinski definition) is 24. The Bertz CT molecular complexity index is 3850. The summed E-state index contributed by atoms with van der Waals surface area (Å²) in [6, 6.07) is 22.9. The lowest BCUT2D eigenvalue weighted by atomic mass is 9.38. The Kier molecular flexibility index (Phi) is 19.6. The van der Waals surface area contributed by atoms with E-state index in [0.29, 0.717) is 11.1 Å². The van der Waals surface area contributed by atoms with Gasteiger partial charge in [0.15, 0.2) is 35.2 Å². The van der Waals surface area contributed by atoms with E-state index >= 15 is 4.79 Å². The lowest BCUT2D eigenvalue weighted by Crippen LogP contribution is -2.82. The van der Waals surface area contributed by atoms with Crippen molar-refractivity contribution < 1.29 is 117 Å². The molecule has 3 aromatic carbocycles. The number of esters is 6. The summed E-state index contributed by atoms with van der Waals surface area (Å²) < 4.78 is 48.0. The van der Waals surface area contributed by atoms with Gasteiger partial charge < -0.3 is 79.0 Å². The quantitative estimate of drug-likeness (QED) is 0.0572. The van der Waals surface area contributed by atoms with Crippen LogP contribution in [0.3, 0.4) is 0 Å². The molecule has 1 spiro atoms. The number of nitrogens with one attached hydrogen (secondary N) is 1. The predicted molar refractivity (Wildman–Crippen MR) is 353 cm³/mol. The van der Waals surface area contributed by atoms with Gasteiger partial charge in [-0.2, -0.15) is 0 Å². The molecule has 6 aliphatic carbocycles. The molecule has 4 bridgehead atoms. The van der Waals surface area contributed by atoms with E-state index in [9.17, 15) is 74.1 Å². The van der Waals surface area contributed by atoms with Crippen LogP contribution in [0.4, 0.5) is 0 Å². The first-order valence-electron chi connectivity index (χ1n) is 34.5. The maximum Gasteiger partial charge on any atom is 0.348 e. The maximum absolute atomic E-state index is 15.5. The van der Waals surface area contributed by atoms with Crippen molar-refractivity contribution in [2.75, 3.05) is 13.2 Å². The Hall–Kier alpha value is -7.59. The molecular weight excluding hydrogens is 1310 g/mol. The topological polar surface area (TPSA) is 381 Å². The lowest BCUT2D eigenvalue weighted by molar-refractivity contribution is -0.346. The number of Topliss-reactive ketones (excluding diaryl/α,β-unsaturated/α-hetero) is 1. The smallest absolute Gasteiger partial charge is 0.348 e. The summed E-state index contributed by atoms with van der Waals surface area (Å²) >= 11 is 0. The van der Waals surface area contributed by atoms with Gasteiger partial charge in [-0.3, -0.25) is 28.8 Å². The molecule has 7 fully saturated rings. The van der Waals surface area contributed by atoms with Crippen LogP contribution in [0.15, 0.2) is 114 Å². The maximum atomic E-state index is 15.5. The van der Waals surface area contributed by atoms with Gasteiger partial charge in [0.1, 0.15) is 42.2 Å². The number of carbonyl (C=O) groups is 9. The van der Waals surface area contributed by atoms with Crippen molar-refractivity contribution >= 4 is 53.3 Å². The monoisotopic (exact) mass is 1400 g/mol. The molecule has 1 amide bonds. The van der Waals surface area contributed by atoms with Gasteiger partial charge in [0.05, 0.1) is 54.3 Å². The number of fused-ring (bicyclic) bond motifs is 6. The predicted octanol–water partition coefficient (Wildman–Crippen LogP) is 4.86. The van der Waals surface area contributed by atoms with Gasteiger partial charge >= 0.3 is 35.8 Å². The molecule has 3 aliphatic heterocycles. The highest BCUT2D eigenvalue weighted by Crippen LogP contribution is 2.74. The third-order valence-corrected chi connectivity index (χ3v) is 24.8. The van der Waals surface area contributed by atoms with Gasteiger partial charge in [0.2, 0.25) is 6.10 Å². The fourth-order valence-electron chi connectivity index (χ4n) is 19.4. The van der Waals surface area contributed by atoms with Crippen molar-refractivity contribution in [3.63, 3.8) is 0 Å². The van der Waals surface area contributed by atoms with Crippen molar-refractivity contribution in [3.8, 4) is 0 Å². The summed E-state index contributed by atoms with van der Waals surface area (Å²) in [6.45, 7) is 20.3. The van der Waals surface area contributed by atoms with E-state index in [1.807, 2.05) is 0 Å². The molecule has 22 atom stereocenters. The largest absolute Gasteiger partial charge is 0.459 e. The first-order valence-corrected chi connectivity index (χ1v) is 34.5. The van der Waals surface area contributed by atoms with Crippen LogP contribution in [0.5, 0.6) is 0 Å². The molecule has 3 saturated heterocycles. The molecule has 0 unspecified atom stereocenters. The van der Waals surface area contributed by atoms with Crippen molar-refractivity contribution in [1.82, 2.24) is 5.32 Å². The highest BCUT2D eigenvalue weighted by atomic mass is 16.7. The van der Waals surface area contributed by atoms with Gasteiger partial charge in [-0.1, -0.05) is 128 Å². The summed E-state index contributed by atoms with van der Waals surface area (Å²) in [5, 5.41) is 86.1. The molecule has 101 heavy (non-hydrogen) atoms. The van der Waals surface area contributed by atoms with Crippen LogP contribution in [0.2, 0.25) is 0 Å². The summed E-state index contributed by atoms with van der Waals surface area (Å²) in [5.41, 5.74) is -10.1. The van der Waals surface area contributed by atoms with E-state index in [1.54, 1.807) is 141 Å². The van der Waals surface area contributed by atoms with Crippen LogP contribution in [0.1, 0.15) is 148 Å². The van der Waals surface area contributed by atoms with Crippen LogP contribution in [0.25, 0.3) is 0 Å². The molecule has 25 heteroatoms. The van der Waals surface area contributed by atoms with Gasteiger partial charge in [0.25, 0.3) is 5.91 Å². The Balaban J connectivity index is 0.000000225. The Labute approximate surface area is 585 Å². The van der Waals surface area contributed by atoms with Crippen LogP contribution in [-0.2, 0) is 71.5 Å². The zero-order valence-corrected chi connectivity index (χ0v) is 58.9. The number of carbonyl (C=O) groups excluding carboxylic acids is 9. The van der Waals surface area contributed by atoms with E-state index in [4.69, 9.17) is 37.9 Å². The SMILES string of the molecule is CC(=O)O[C@H]1C(=O)[C@@]2(C)[C@H]([C@H](OC(=O)c3ccccc3)[C@]3(O)C[C@H](OC(=O)[C@H](O)[C@@H](NC(=O)c4ccccc4)c4ccccc4)C(C)=C1C3(C)C)[C@]1(OC(C)=O)CO[C@@H]1C[C@@H]2O.CC1=CC(=O)[C@@H](O)[C@]2(C)[C@H]3[C@]4(O)OC[C@]35[C@H]([C@@H](C)[C@H]4O)[C@@H](OC(=O)CC(O)(C(C)C)C(C)C)C(=O)O[C@@H]5C[C@@H]12. The normalized spacial score (nSPS) is 37.7. The number of rotatable bonds is 15. The Morgan fingerprint density at radius 3 is 1.91 bits per heavy atom. The molecule has 3 aromatic rings. The summed E-state index contributed by atoms with van der Waals surface area (Å²) in [6.07, 6.45) is -14.3. The summed E-state index contributed by atoms with van der Waals surface area (Å²) in [7, 11) is 0. The van der Waals surface area contributed by atoms with Crippen molar-refractivity contribution in [2.45, 2.75) is 205 Å². The zero-order valence-electron chi connectivity index (χ0n) is 58.9. The van der Waals surface area contributed by atoms with Crippen LogP contribution in [0, 0.1) is 63.1 Å². The molecule has 12 rings (SSSR count). The fourth-order valence-corrected chi connectivity index (χ4v) is 19.4. The minimum Gasteiger partial charge on any atom is -0.459 e. The van der Waals surface area contributed by atoms with Gasteiger partial charge in [-0.25, -0.2) is 14.4 Å². The van der Waals surface area contributed by atoms with Crippen molar-refractivity contribution in [2.24, 2.45) is 63.1 Å². The van der Waals surface area contributed by atoms with Gasteiger partial charge in [0, 0.05) is 60.3 Å². The molecule has 546 valence electrons. The third kappa shape index (κ3) is 11.6. The number of aliphatic hydroxyl groups excluding tert-OH is 4. The first-order chi connectivity index (χ1) is 47.2. The van der Waals surface area contributed by atoms with E-state index in [1.165, 1.54) is 32.1 Å². The fraction of sp³-hybridized carbons (Fsp3) is 0.592. The minimum absolute atomic E-state index is 0.00289. The third-order valence-electron chi connectivity index (χ3n) is 24.8. The Morgan fingerprint density at radius 1 is 0.752 bits per heavy atom. The number of ether oxygens (including phenoxy) is 8. The molecule has 25 nitrogen and oxygen atoms in total. The van der Waals surface area contributed by atoms with Gasteiger partial charge in [-0.15, -0.1) is 0 Å². The minimum atomic E-state index is -2.39. The molecule has 0 radical (unpaired) electrons. The standard InChI is InChI=1S/C47H51NO14.C29H42O10/c1-25-31(60-43(56)36(52)35(28-16-10-7-11-17-28)48-41(54)29-18-12-8-13-19-29)23-47(57)40(61-42(55)30-20-14-9-15-21-30)38-45(6,32(51)22-33-46(38,24-58-33)62-27(3)50)39(53)37(59-26(2)49)34(25)44(47,4)5;1-12(2)28(35,13(3)4)10-19(31)39-21-20-15(6)22(32)29(36)25-26(7)16(14(5)8-17(30)23(26)33)9-18(38-24(21)34)27(20,25)11-37-29/h7-21,31-33,35-38,40,51-52,57H,22-24H2,1-6H3,(H,48,54);8,12-13,15-16,18,20-23,25,32-33,35-36H,9-11H2,1-7H3/t31-,32-,33+,35-,36+,37+,38-,40-,45+,46-,47+;15-,16+,18-,20-,21-,22-,23-,25-,26-,27+,29-/m01/s1. The average Bonchev–Trinajstić information content (AvgIpc) is 1.60. The Morgan fingerprint density at radius 2 is 1.35 bits per heavy atom. The summed E-state index contributed by atoms with van der Waals surface area (Å²) in [5.74, 6) is -14.5. The lowest BCUT2D eigenvalue weighted by Gasteiger charge is -2.68. The second-order valence-electron chi connectivity index (χ2n) is 30.9. The molecular formula is C76H93NO24. The number of allylic oxidation sites excluding steroid dienone is 1. The van der Waals surface area contributed by atoms with Gasteiger partial charge in [-0.05, 0) is 97.9 Å². The first kappa shape index (κ1) is 74.6. The zero-order chi connectivity index (χ0) is 74.0. The number of hydrogen-bond donors (Lipinski definition) is 8. The number of amides is 1. The van der Waals surface area contributed by atoms with Crippen molar-refractivity contribution in [3.05, 3.63) is 130 Å². The number of ketones is 2. The second-order valence-corrected chi connectivity index (χ2v) is 30.9. The van der Waals surface area contributed by atoms with E-state index in [0.717, 1.165) is 13.8 Å². The molecule has 9 aliphatic rings. The molecule has 0 aromatic heterocycles. The molecule has 4 saturated carbocycles. The average molecular weight is 1400 g/mol. The molecule has 3 heterocycles. The van der Waals surface area contributed by atoms with Crippen molar-refractivity contribution in [1.29, 1.82) is 0 Å². The molecule has 8 N–H and O–H groups in total. The van der Waals surface area contributed by atoms with Crippen LogP contribution < -0.4 is 5.32 Å². The summed E-state index contributed by atoms with van der Waals surface area (Å²) in [4.78, 5) is 123.